The fraction of sp³-hybridized carbons (Fsp3) is 0.562. The van der Waals surface area contributed by atoms with Gasteiger partial charge in [0.05, 0.1) is 12.7 Å². The molecule has 2 heterocycles. The maximum absolute atomic E-state index is 14.0. The Hall–Kier alpha value is -1.42. The van der Waals surface area contributed by atoms with E-state index in [2.05, 4.69) is 11.9 Å². The van der Waals surface area contributed by atoms with Crippen molar-refractivity contribution in [3.05, 3.63) is 29.6 Å². The lowest BCUT2D eigenvalue weighted by molar-refractivity contribution is 0.0760. The SMILES string of the molecule is COc1cccc(F)c1C(=O)C1CC2CCC(C1)N2C. The second kappa shape index (κ2) is 5.17. The number of piperidine rings is 1. The third-order valence-corrected chi connectivity index (χ3v) is 4.91. The van der Waals surface area contributed by atoms with Crippen LogP contribution in [0.2, 0.25) is 0 Å². The Morgan fingerprint density at radius 3 is 2.55 bits per heavy atom. The minimum atomic E-state index is -0.472. The molecule has 2 aliphatic heterocycles. The van der Waals surface area contributed by atoms with Crippen molar-refractivity contribution in [1.82, 2.24) is 4.90 Å². The molecule has 0 aromatic heterocycles. The number of ketones is 1. The van der Waals surface area contributed by atoms with Gasteiger partial charge in [-0.05, 0) is 44.9 Å². The Labute approximate surface area is 118 Å². The Morgan fingerprint density at radius 2 is 1.95 bits per heavy atom. The molecule has 3 nitrogen and oxygen atoms in total. The predicted molar refractivity (Wildman–Crippen MR) is 74.6 cm³/mol. The third kappa shape index (κ3) is 2.12. The van der Waals surface area contributed by atoms with E-state index in [-0.39, 0.29) is 17.3 Å². The average Bonchev–Trinajstić information content (AvgIpc) is 2.67. The van der Waals surface area contributed by atoms with Gasteiger partial charge in [-0.1, -0.05) is 6.07 Å². The van der Waals surface area contributed by atoms with Crippen molar-refractivity contribution in [3.8, 4) is 5.75 Å². The van der Waals surface area contributed by atoms with E-state index < -0.39 is 5.82 Å². The number of carbonyl (C=O) groups is 1. The molecule has 0 spiro atoms. The fourth-order valence-electron chi connectivity index (χ4n) is 3.74. The predicted octanol–water partition coefficient (Wildman–Crippen LogP) is 2.89. The second-order valence-corrected chi connectivity index (χ2v) is 5.90. The van der Waals surface area contributed by atoms with Gasteiger partial charge in [0.15, 0.2) is 5.78 Å². The summed E-state index contributed by atoms with van der Waals surface area (Å²) in [5.74, 6) is -0.290. The molecule has 0 amide bonds. The van der Waals surface area contributed by atoms with E-state index in [1.807, 2.05) is 0 Å². The molecule has 0 saturated carbocycles. The second-order valence-electron chi connectivity index (χ2n) is 5.90. The van der Waals surface area contributed by atoms with Crippen molar-refractivity contribution < 1.29 is 13.9 Å². The number of halogens is 1. The topological polar surface area (TPSA) is 29.5 Å². The molecule has 2 saturated heterocycles. The average molecular weight is 277 g/mol. The number of rotatable bonds is 3. The summed E-state index contributed by atoms with van der Waals surface area (Å²) in [6, 6.07) is 5.50. The molecule has 4 heteroatoms. The number of ether oxygens (including phenoxy) is 1. The lowest BCUT2D eigenvalue weighted by atomic mass is 9.84. The van der Waals surface area contributed by atoms with Gasteiger partial charge in [0.25, 0.3) is 0 Å². The van der Waals surface area contributed by atoms with Gasteiger partial charge in [-0.2, -0.15) is 0 Å². The van der Waals surface area contributed by atoms with Crippen LogP contribution in [0.5, 0.6) is 5.75 Å². The third-order valence-electron chi connectivity index (χ3n) is 4.91. The molecule has 0 N–H and O–H groups in total. The van der Waals surface area contributed by atoms with E-state index in [4.69, 9.17) is 4.74 Å². The number of fused-ring (bicyclic) bond motifs is 2. The number of methoxy groups -OCH3 is 1. The van der Waals surface area contributed by atoms with Crippen LogP contribution in [0.25, 0.3) is 0 Å². The van der Waals surface area contributed by atoms with Gasteiger partial charge < -0.3 is 9.64 Å². The molecule has 2 aliphatic rings. The van der Waals surface area contributed by atoms with Crippen molar-refractivity contribution in [3.63, 3.8) is 0 Å². The van der Waals surface area contributed by atoms with Crippen LogP contribution in [0.3, 0.4) is 0 Å². The summed E-state index contributed by atoms with van der Waals surface area (Å²) in [4.78, 5) is 15.1. The first-order valence-electron chi connectivity index (χ1n) is 7.20. The van der Waals surface area contributed by atoms with Gasteiger partial charge in [-0.25, -0.2) is 4.39 Å². The number of hydrogen-bond donors (Lipinski definition) is 0. The summed E-state index contributed by atoms with van der Waals surface area (Å²) in [5, 5.41) is 0. The molecule has 3 rings (SSSR count). The van der Waals surface area contributed by atoms with Crippen LogP contribution in [0, 0.1) is 11.7 Å². The lowest BCUT2D eigenvalue weighted by Gasteiger charge is -2.35. The normalized spacial score (nSPS) is 29.4. The number of carbonyl (C=O) groups excluding carboxylic acids is 1. The summed E-state index contributed by atoms with van der Waals surface area (Å²) in [5.41, 5.74) is 0.129. The molecule has 0 aliphatic carbocycles. The highest BCUT2D eigenvalue weighted by molar-refractivity contribution is 6.00. The van der Waals surface area contributed by atoms with Crippen molar-refractivity contribution in [1.29, 1.82) is 0 Å². The van der Waals surface area contributed by atoms with Gasteiger partial charge in [0.2, 0.25) is 0 Å². The molecule has 2 unspecified atom stereocenters. The monoisotopic (exact) mass is 277 g/mol. The van der Waals surface area contributed by atoms with E-state index >= 15 is 0 Å². The Morgan fingerprint density at radius 1 is 1.30 bits per heavy atom. The van der Waals surface area contributed by atoms with E-state index in [0.29, 0.717) is 17.8 Å². The quantitative estimate of drug-likeness (QED) is 0.796. The first kappa shape index (κ1) is 13.6. The molecular formula is C16H20FNO2. The van der Waals surface area contributed by atoms with Crippen LogP contribution < -0.4 is 4.74 Å². The highest BCUT2D eigenvalue weighted by Crippen LogP contribution is 2.39. The molecule has 2 bridgehead atoms. The standard InChI is InChI=1S/C16H20FNO2/c1-18-11-6-7-12(18)9-10(8-11)16(19)15-13(17)4-3-5-14(15)20-2/h3-5,10-12H,6-9H2,1-2H3. The van der Waals surface area contributed by atoms with E-state index in [1.165, 1.54) is 13.2 Å². The van der Waals surface area contributed by atoms with Crippen molar-refractivity contribution >= 4 is 5.78 Å². The maximum atomic E-state index is 14.0. The lowest BCUT2D eigenvalue weighted by Crippen LogP contribution is -2.42. The molecular weight excluding hydrogens is 257 g/mol. The maximum Gasteiger partial charge on any atom is 0.172 e. The Kier molecular flexibility index (Phi) is 3.50. The summed E-state index contributed by atoms with van der Waals surface area (Å²) in [6.45, 7) is 0. The van der Waals surface area contributed by atoms with Crippen LogP contribution in [0.1, 0.15) is 36.0 Å². The Balaban J connectivity index is 1.87. The smallest absolute Gasteiger partial charge is 0.172 e. The summed E-state index contributed by atoms with van der Waals surface area (Å²) < 4.78 is 19.2. The highest BCUT2D eigenvalue weighted by atomic mass is 19.1. The minimum Gasteiger partial charge on any atom is -0.496 e. The molecule has 0 radical (unpaired) electrons. The molecule has 2 fully saturated rings. The summed E-state index contributed by atoms with van der Waals surface area (Å²) >= 11 is 0. The summed E-state index contributed by atoms with van der Waals surface area (Å²) in [6.07, 6.45) is 3.98. The molecule has 2 atom stereocenters. The first-order valence-corrected chi connectivity index (χ1v) is 7.20. The number of nitrogens with zero attached hydrogens (tertiary/aromatic N) is 1. The van der Waals surface area contributed by atoms with Crippen LogP contribution in [-0.2, 0) is 0 Å². The van der Waals surface area contributed by atoms with Gasteiger partial charge in [-0.3, -0.25) is 4.79 Å². The number of benzene rings is 1. The van der Waals surface area contributed by atoms with Crippen LogP contribution in [-0.4, -0.2) is 36.9 Å². The van der Waals surface area contributed by atoms with Crippen molar-refractivity contribution in [2.75, 3.05) is 14.2 Å². The summed E-state index contributed by atoms with van der Waals surface area (Å²) in [7, 11) is 3.61. The van der Waals surface area contributed by atoms with Gasteiger partial charge >= 0.3 is 0 Å². The number of hydrogen-bond acceptors (Lipinski definition) is 3. The zero-order valence-electron chi connectivity index (χ0n) is 11.9. The van der Waals surface area contributed by atoms with Crippen LogP contribution >= 0.6 is 0 Å². The van der Waals surface area contributed by atoms with E-state index in [1.54, 1.807) is 12.1 Å². The van der Waals surface area contributed by atoms with Crippen molar-refractivity contribution in [2.24, 2.45) is 5.92 Å². The van der Waals surface area contributed by atoms with Gasteiger partial charge in [0.1, 0.15) is 11.6 Å². The minimum absolute atomic E-state index is 0.0745. The van der Waals surface area contributed by atoms with Crippen LogP contribution in [0.15, 0.2) is 18.2 Å². The highest BCUT2D eigenvalue weighted by Gasteiger charge is 2.41. The molecule has 108 valence electrons. The fourth-order valence-corrected chi connectivity index (χ4v) is 3.74. The largest absolute Gasteiger partial charge is 0.496 e. The van der Waals surface area contributed by atoms with Gasteiger partial charge in [0, 0.05) is 18.0 Å². The van der Waals surface area contributed by atoms with E-state index in [0.717, 1.165) is 25.7 Å². The molecule has 1 aromatic carbocycles. The zero-order chi connectivity index (χ0) is 14.3. The number of Topliss-reactive ketones (excluding diaryl/α,β-unsaturated/α-hetero) is 1. The van der Waals surface area contributed by atoms with Gasteiger partial charge in [-0.15, -0.1) is 0 Å². The molecule has 1 aromatic rings. The van der Waals surface area contributed by atoms with Crippen LogP contribution in [0.4, 0.5) is 4.39 Å². The molecule has 20 heavy (non-hydrogen) atoms. The van der Waals surface area contributed by atoms with E-state index in [9.17, 15) is 9.18 Å². The zero-order valence-corrected chi connectivity index (χ0v) is 11.9. The van der Waals surface area contributed by atoms with Crippen molar-refractivity contribution in [2.45, 2.75) is 37.8 Å². The first-order chi connectivity index (χ1) is 9.61. The Bertz CT molecular complexity index is 517.